The lowest BCUT2D eigenvalue weighted by atomic mass is 10.0. The van der Waals surface area contributed by atoms with Crippen LogP contribution in [0.1, 0.15) is 23.6 Å². The van der Waals surface area contributed by atoms with Gasteiger partial charge in [0, 0.05) is 12.5 Å². The summed E-state index contributed by atoms with van der Waals surface area (Å²) in [6.07, 6.45) is 0.121. The minimum atomic E-state index is -0.477. The molecule has 1 heterocycles. The summed E-state index contributed by atoms with van der Waals surface area (Å²) in [5.41, 5.74) is 3.45. The van der Waals surface area contributed by atoms with Crippen LogP contribution >= 0.6 is 0 Å². The van der Waals surface area contributed by atoms with Crippen LogP contribution in [-0.2, 0) is 11.2 Å². The summed E-state index contributed by atoms with van der Waals surface area (Å²) in [6, 6.07) is 3.81. The molecule has 4 heteroatoms. The molecule has 0 spiro atoms. The van der Waals surface area contributed by atoms with Crippen molar-refractivity contribution in [3.63, 3.8) is 0 Å². The SMILES string of the molecule is Cc1cc2c(cc1C)OC(C(=O)NC(C)CO)C2. The Balaban J connectivity index is 2.08. The highest BCUT2D eigenvalue weighted by molar-refractivity contribution is 5.82. The number of carbonyl (C=O) groups is 1. The minimum absolute atomic E-state index is 0.0658. The summed E-state index contributed by atoms with van der Waals surface area (Å²) in [6.45, 7) is 5.77. The van der Waals surface area contributed by atoms with Crippen molar-refractivity contribution in [3.8, 4) is 5.75 Å². The Labute approximate surface area is 107 Å². The van der Waals surface area contributed by atoms with Gasteiger partial charge >= 0.3 is 0 Å². The molecule has 0 radical (unpaired) electrons. The lowest BCUT2D eigenvalue weighted by Crippen LogP contribution is -2.43. The van der Waals surface area contributed by atoms with Gasteiger partial charge < -0.3 is 15.2 Å². The number of nitrogens with one attached hydrogen (secondary N) is 1. The van der Waals surface area contributed by atoms with Gasteiger partial charge in [0.1, 0.15) is 5.75 Å². The Kier molecular flexibility index (Phi) is 3.57. The van der Waals surface area contributed by atoms with E-state index in [9.17, 15) is 4.79 Å². The van der Waals surface area contributed by atoms with Crippen LogP contribution in [0.3, 0.4) is 0 Å². The summed E-state index contributed by atoms with van der Waals surface area (Å²) in [5.74, 6) is 0.637. The van der Waals surface area contributed by atoms with Crippen LogP contribution in [0.15, 0.2) is 12.1 Å². The van der Waals surface area contributed by atoms with Crippen LogP contribution in [0, 0.1) is 13.8 Å². The lowest BCUT2D eigenvalue weighted by molar-refractivity contribution is -0.128. The normalized spacial score (nSPS) is 19.0. The van der Waals surface area contributed by atoms with Gasteiger partial charge in [0.05, 0.1) is 6.61 Å². The number of aliphatic hydroxyl groups excluding tert-OH is 1. The first-order valence-corrected chi connectivity index (χ1v) is 6.19. The second kappa shape index (κ2) is 4.98. The smallest absolute Gasteiger partial charge is 0.261 e. The largest absolute Gasteiger partial charge is 0.480 e. The van der Waals surface area contributed by atoms with Gasteiger partial charge in [-0.25, -0.2) is 0 Å². The number of hydrogen-bond donors (Lipinski definition) is 2. The molecule has 0 saturated carbocycles. The van der Waals surface area contributed by atoms with Crippen molar-refractivity contribution in [2.24, 2.45) is 0 Å². The average Bonchev–Trinajstić information content (AvgIpc) is 2.72. The van der Waals surface area contributed by atoms with Gasteiger partial charge in [-0.05, 0) is 43.5 Å². The molecule has 0 aliphatic carbocycles. The van der Waals surface area contributed by atoms with Crippen LogP contribution in [0.5, 0.6) is 5.75 Å². The van der Waals surface area contributed by atoms with Gasteiger partial charge in [-0.3, -0.25) is 4.79 Å². The van der Waals surface area contributed by atoms with Gasteiger partial charge in [-0.1, -0.05) is 6.07 Å². The first-order chi connectivity index (χ1) is 8.51. The summed E-state index contributed by atoms with van der Waals surface area (Å²) in [4.78, 5) is 11.9. The van der Waals surface area contributed by atoms with Gasteiger partial charge in [0.25, 0.3) is 5.91 Å². The van der Waals surface area contributed by atoms with E-state index >= 15 is 0 Å². The molecule has 2 atom stereocenters. The molecule has 98 valence electrons. The second-order valence-corrected chi connectivity index (χ2v) is 4.95. The molecule has 1 aromatic rings. The molecule has 1 amide bonds. The Bertz CT molecular complexity index is 439. The van der Waals surface area contributed by atoms with E-state index in [1.54, 1.807) is 6.92 Å². The van der Waals surface area contributed by atoms with E-state index in [1.807, 2.05) is 13.0 Å². The fourth-order valence-corrected chi connectivity index (χ4v) is 2.04. The van der Waals surface area contributed by atoms with Gasteiger partial charge in [0.15, 0.2) is 6.10 Å². The molecule has 0 aromatic heterocycles. The third-order valence-electron chi connectivity index (χ3n) is 3.31. The van der Waals surface area contributed by atoms with Crippen LogP contribution in [0.25, 0.3) is 0 Å². The summed E-state index contributed by atoms with van der Waals surface area (Å²) >= 11 is 0. The zero-order valence-electron chi connectivity index (χ0n) is 11.0. The highest BCUT2D eigenvalue weighted by atomic mass is 16.5. The van der Waals surface area contributed by atoms with Crippen molar-refractivity contribution in [1.82, 2.24) is 5.32 Å². The third kappa shape index (κ3) is 2.48. The quantitative estimate of drug-likeness (QED) is 0.843. The lowest BCUT2D eigenvalue weighted by Gasteiger charge is -2.15. The number of hydrogen-bond acceptors (Lipinski definition) is 3. The third-order valence-corrected chi connectivity index (χ3v) is 3.31. The number of aliphatic hydroxyl groups is 1. The fourth-order valence-electron chi connectivity index (χ4n) is 2.04. The summed E-state index contributed by atoms with van der Waals surface area (Å²) in [7, 11) is 0. The molecular formula is C14H19NO3. The topological polar surface area (TPSA) is 58.6 Å². The van der Waals surface area contributed by atoms with E-state index in [-0.39, 0.29) is 18.6 Å². The number of aryl methyl sites for hydroxylation is 2. The Hall–Kier alpha value is -1.55. The molecular weight excluding hydrogens is 230 g/mol. The zero-order chi connectivity index (χ0) is 13.3. The van der Waals surface area contributed by atoms with E-state index in [0.29, 0.717) is 6.42 Å². The van der Waals surface area contributed by atoms with Crippen LogP contribution in [0.4, 0.5) is 0 Å². The number of ether oxygens (including phenoxy) is 1. The maximum absolute atomic E-state index is 11.9. The Morgan fingerprint density at radius 1 is 1.50 bits per heavy atom. The fraction of sp³-hybridized carbons (Fsp3) is 0.500. The Morgan fingerprint density at radius 2 is 2.17 bits per heavy atom. The molecule has 0 bridgehead atoms. The van der Waals surface area contributed by atoms with E-state index in [1.165, 1.54) is 11.1 Å². The van der Waals surface area contributed by atoms with Gasteiger partial charge in [0.2, 0.25) is 0 Å². The van der Waals surface area contributed by atoms with Crippen molar-refractivity contribution in [2.75, 3.05) is 6.61 Å². The van der Waals surface area contributed by atoms with E-state index in [0.717, 1.165) is 11.3 Å². The highest BCUT2D eigenvalue weighted by Crippen LogP contribution is 2.31. The number of amides is 1. The second-order valence-electron chi connectivity index (χ2n) is 4.95. The van der Waals surface area contributed by atoms with Crippen molar-refractivity contribution in [2.45, 2.75) is 39.3 Å². The van der Waals surface area contributed by atoms with Crippen LogP contribution in [-0.4, -0.2) is 29.8 Å². The van der Waals surface area contributed by atoms with E-state index in [4.69, 9.17) is 9.84 Å². The number of benzene rings is 1. The number of rotatable bonds is 3. The average molecular weight is 249 g/mol. The monoisotopic (exact) mass is 249 g/mol. The summed E-state index contributed by atoms with van der Waals surface area (Å²) in [5, 5.41) is 11.6. The van der Waals surface area contributed by atoms with Crippen LogP contribution < -0.4 is 10.1 Å². The standard InChI is InChI=1S/C14H19NO3/c1-8-4-11-6-13(14(17)15-10(3)7-16)18-12(11)5-9(8)2/h4-5,10,13,16H,6-7H2,1-3H3,(H,15,17). The maximum Gasteiger partial charge on any atom is 0.261 e. The molecule has 18 heavy (non-hydrogen) atoms. The molecule has 0 saturated heterocycles. The van der Waals surface area contributed by atoms with E-state index < -0.39 is 6.10 Å². The molecule has 2 N–H and O–H groups in total. The minimum Gasteiger partial charge on any atom is -0.480 e. The van der Waals surface area contributed by atoms with Crippen LogP contribution in [0.2, 0.25) is 0 Å². The van der Waals surface area contributed by atoms with Gasteiger partial charge in [-0.15, -0.1) is 0 Å². The molecule has 1 aliphatic rings. The van der Waals surface area contributed by atoms with E-state index in [2.05, 4.69) is 18.3 Å². The molecule has 1 aromatic carbocycles. The maximum atomic E-state index is 11.9. The van der Waals surface area contributed by atoms with Crippen molar-refractivity contribution < 1.29 is 14.6 Å². The predicted octanol–water partition coefficient (Wildman–Crippen LogP) is 1.10. The molecule has 2 unspecified atom stereocenters. The number of fused-ring (bicyclic) bond motifs is 1. The predicted molar refractivity (Wildman–Crippen MR) is 68.7 cm³/mol. The Morgan fingerprint density at radius 3 is 2.83 bits per heavy atom. The zero-order valence-corrected chi connectivity index (χ0v) is 11.0. The van der Waals surface area contributed by atoms with Crippen molar-refractivity contribution in [1.29, 1.82) is 0 Å². The molecule has 0 fully saturated rings. The van der Waals surface area contributed by atoms with Gasteiger partial charge in [-0.2, -0.15) is 0 Å². The first-order valence-electron chi connectivity index (χ1n) is 6.19. The van der Waals surface area contributed by atoms with Crippen molar-refractivity contribution in [3.05, 3.63) is 28.8 Å². The molecule has 4 nitrogen and oxygen atoms in total. The summed E-state index contributed by atoms with van der Waals surface area (Å²) < 4.78 is 5.66. The first kappa shape index (κ1) is 12.9. The number of carbonyl (C=O) groups excluding carboxylic acids is 1. The highest BCUT2D eigenvalue weighted by Gasteiger charge is 2.29. The molecule has 2 rings (SSSR count). The molecule has 1 aliphatic heterocycles. The van der Waals surface area contributed by atoms with Crippen molar-refractivity contribution >= 4 is 5.91 Å².